The number of likely N-dealkylation sites (N-methyl/N-ethyl adjacent to an activating group) is 1. The van der Waals surface area contributed by atoms with E-state index in [2.05, 4.69) is 38.1 Å². The summed E-state index contributed by atoms with van der Waals surface area (Å²) in [5.41, 5.74) is 2.59. The number of benzene rings is 1. The van der Waals surface area contributed by atoms with Gasteiger partial charge in [0.2, 0.25) is 0 Å². The lowest BCUT2D eigenvalue weighted by Crippen LogP contribution is -2.26. The summed E-state index contributed by atoms with van der Waals surface area (Å²) in [5.74, 6) is 0.513. The highest BCUT2D eigenvalue weighted by Crippen LogP contribution is 2.11. The van der Waals surface area contributed by atoms with Gasteiger partial charge in [0.1, 0.15) is 0 Å². The Morgan fingerprint density at radius 2 is 1.79 bits per heavy atom. The van der Waals surface area contributed by atoms with Gasteiger partial charge in [-0.1, -0.05) is 38.1 Å². The van der Waals surface area contributed by atoms with Crippen molar-refractivity contribution in [2.45, 2.75) is 33.7 Å². The average Bonchev–Trinajstić information content (AvgIpc) is 2.31. The molecule has 0 heterocycles. The first-order chi connectivity index (χ1) is 9.01. The molecule has 0 N–H and O–H groups in total. The van der Waals surface area contributed by atoms with Crippen LogP contribution in [0, 0.1) is 5.92 Å². The Morgan fingerprint density at radius 3 is 2.32 bits per heavy atom. The van der Waals surface area contributed by atoms with E-state index in [0.717, 1.165) is 13.0 Å². The first-order valence-corrected chi connectivity index (χ1v) is 6.93. The van der Waals surface area contributed by atoms with Crippen molar-refractivity contribution in [2.75, 3.05) is 20.2 Å². The van der Waals surface area contributed by atoms with E-state index in [1.807, 2.05) is 18.9 Å². The van der Waals surface area contributed by atoms with Gasteiger partial charge in [-0.3, -0.25) is 9.69 Å². The van der Waals surface area contributed by atoms with E-state index in [1.54, 1.807) is 0 Å². The van der Waals surface area contributed by atoms with Crippen LogP contribution in [0.3, 0.4) is 0 Å². The zero-order chi connectivity index (χ0) is 14.3. The van der Waals surface area contributed by atoms with Gasteiger partial charge in [-0.05, 0) is 37.4 Å². The third-order valence-electron chi connectivity index (χ3n) is 2.82. The fourth-order valence-electron chi connectivity index (χ4n) is 2.05. The van der Waals surface area contributed by atoms with Crippen LogP contribution in [0.1, 0.15) is 31.9 Å². The number of hydrogen-bond acceptors (Lipinski definition) is 3. The molecule has 1 rings (SSSR count). The number of carbonyl (C=O) groups is 1. The summed E-state index contributed by atoms with van der Waals surface area (Å²) in [6.07, 6.45) is 1.11. The van der Waals surface area contributed by atoms with Crippen LogP contribution in [-0.4, -0.2) is 31.1 Å². The number of hydrogen-bond donors (Lipinski definition) is 0. The quantitative estimate of drug-likeness (QED) is 0.708. The average molecular weight is 263 g/mol. The summed E-state index contributed by atoms with van der Waals surface area (Å²) >= 11 is 0. The van der Waals surface area contributed by atoms with Crippen molar-refractivity contribution in [1.29, 1.82) is 0 Å². The van der Waals surface area contributed by atoms with Crippen LogP contribution < -0.4 is 0 Å². The lowest BCUT2D eigenvalue weighted by atomic mass is 10.0. The summed E-state index contributed by atoms with van der Waals surface area (Å²) in [6, 6.07) is 8.62. The summed E-state index contributed by atoms with van der Waals surface area (Å²) in [7, 11) is 1.93. The van der Waals surface area contributed by atoms with Crippen LogP contribution in [0.25, 0.3) is 0 Å². The van der Waals surface area contributed by atoms with Crippen molar-refractivity contribution in [3.05, 3.63) is 35.4 Å². The van der Waals surface area contributed by atoms with E-state index in [-0.39, 0.29) is 5.97 Å². The SMILES string of the molecule is CCOC(=O)CN(C)Cc1ccc(CC(C)C)cc1. The first-order valence-electron chi connectivity index (χ1n) is 6.93. The van der Waals surface area contributed by atoms with Crippen LogP contribution in [-0.2, 0) is 22.5 Å². The fraction of sp³-hybridized carbons (Fsp3) is 0.562. The predicted molar refractivity (Wildman–Crippen MR) is 78.0 cm³/mol. The standard InChI is InChI=1S/C16H25NO2/c1-5-19-16(18)12-17(4)11-15-8-6-14(7-9-15)10-13(2)3/h6-9,13H,5,10-12H2,1-4H3. The van der Waals surface area contributed by atoms with Crippen LogP contribution in [0.15, 0.2) is 24.3 Å². The lowest BCUT2D eigenvalue weighted by molar-refractivity contribution is -0.144. The molecule has 0 atom stereocenters. The normalized spacial score (nSPS) is 11.1. The van der Waals surface area contributed by atoms with E-state index >= 15 is 0 Å². The van der Waals surface area contributed by atoms with Crippen LogP contribution >= 0.6 is 0 Å². The molecule has 3 nitrogen and oxygen atoms in total. The molecule has 0 bridgehead atoms. The zero-order valence-corrected chi connectivity index (χ0v) is 12.5. The van der Waals surface area contributed by atoms with E-state index in [4.69, 9.17) is 4.74 Å². The summed E-state index contributed by atoms with van der Waals surface area (Å²) in [6.45, 7) is 7.81. The molecule has 0 fully saturated rings. The van der Waals surface area contributed by atoms with E-state index in [1.165, 1.54) is 11.1 Å². The van der Waals surface area contributed by atoms with Gasteiger partial charge >= 0.3 is 5.97 Å². The molecule has 106 valence electrons. The number of nitrogens with zero attached hydrogens (tertiary/aromatic N) is 1. The molecule has 0 aromatic heterocycles. The third-order valence-corrected chi connectivity index (χ3v) is 2.82. The highest BCUT2D eigenvalue weighted by Gasteiger charge is 2.07. The minimum Gasteiger partial charge on any atom is -0.465 e. The number of esters is 1. The highest BCUT2D eigenvalue weighted by atomic mass is 16.5. The van der Waals surface area contributed by atoms with Crippen molar-refractivity contribution in [1.82, 2.24) is 4.90 Å². The Kier molecular flexibility index (Phi) is 6.57. The summed E-state index contributed by atoms with van der Waals surface area (Å²) in [5, 5.41) is 0. The van der Waals surface area contributed by atoms with Crippen LogP contribution in [0.4, 0.5) is 0 Å². The van der Waals surface area contributed by atoms with Gasteiger partial charge in [0.05, 0.1) is 13.2 Å². The maximum absolute atomic E-state index is 11.4. The highest BCUT2D eigenvalue weighted by molar-refractivity contribution is 5.71. The molecule has 0 unspecified atom stereocenters. The maximum atomic E-state index is 11.4. The summed E-state index contributed by atoms with van der Waals surface area (Å²) < 4.78 is 4.93. The third kappa shape index (κ3) is 6.39. The van der Waals surface area contributed by atoms with Gasteiger partial charge in [-0.25, -0.2) is 0 Å². The Morgan fingerprint density at radius 1 is 1.21 bits per heavy atom. The topological polar surface area (TPSA) is 29.5 Å². The molecule has 0 amide bonds. The van der Waals surface area contributed by atoms with Gasteiger partial charge in [0.15, 0.2) is 0 Å². The minimum atomic E-state index is -0.165. The van der Waals surface area contributed by atoms with Gasteiger partial charge in [-0.2, -0.15) is 0 Å². The molecule has 1 aromatic carbocycles. The van der Waals surface area contributed by atoms with E-state index in [9.17, 15) is 4.79 Å². The molecule has 0 saturated carbocycles. The van der Waals surface area contributed by atoms with Crippen LogP contribution in [0.5, 0.6) is 0 Å². The van der Waals surface area contributed by atoms with Crippen molar-refractivity contribution < 1.29 is 9.53 Å². The Labute approximate surface area is 116 Å². The Bertz CT molecular complexity index is 384. The number of ether oxygens (including phenoxy) is 1. The second kappa shape index (κ2) is 7.95. The maximum Gasteiger partial charge on any atom is 0.320 e. The second-order valence-corrected chi connectivity index (χ2v) is 5.39. The minimum absolute atomic E-state index is 0.165. The Balaban J connectivity index is 2.46. The van der Waals surface area contributed by atoms with Crippen molar-refractivity contribution in [3.63, 3.8) is 0 Å². The van der Waals surface area contributed by atoms with Crippen molar-refractivity contribution in [3.8, 4) is 0 Å². The predicted octanol–water partition coefficient (Wildman–Crippen LogP) is 2.88. The molecule has 0 aliphatic carbocycles. The molecular weight excluding hydrogens is 238 g/mol. The summed E-state index contributed by atoms with van der Waals surface area (Å²) in [4.78, 5) is 13.3. The molecule has 0 aliphatic heterocycles. The molecule has 0 saturated heterocycles. The second-order valence-electron chi connectivity index (χ2n) is 5.39. The zero-order valence-electron chi connectivity index (χ0n) is 12.5. The molecule has 1 aromatic rings. The first kappa shape index (κ1) is 15.7. The fourth-order valence-corrected chi connectivity index (χ4v) is 2.05. The molecular formula is C16H25NO2. The van der Waals surface area contributed by atoms with Crippen molar-refractivity contribution >= 4 is 5.97 Å². The van der Waals surface area contributed by atoms with Gasteiger partial charge in [0, 0.05) is 6.54 Å². The monoisotopic (exact) mass is 263 g/mol. The Hall–Kier alpha value is -1.35. The molecule has 0 spiro atoms. The number of rotatable bonds is 7. The van der Waals surface area contributed by atoms with Gasteiger partial charge in [0.25, 0.3) is 0 Å². The van der Waals surface area contributed by atoms with Crippen LogP contribution in [0.2, 0.25) is 0 Å². The molecule has 0 aliphatic rings. The molecule has 19 heavy (non-hydrogen) atoms. The lowest BCUT2D eigenvalue weighted by Gasteiger charge is -2.16. The largest absolute Gasteiger partial charge is 0.465 e. The molecule has 0 radical (unpaired) electrons. The van der Waals surface area contributed by atoms with E-state index in [0.29, 0.717) is 19.1 Å². The smallest absolute Gasteiger partial charge is 0.320 e. The molecule has 3 heteroatoms. The van der Waals surface area contributed by atoms with Crippen molar-refractivity contribution in [2.24, 2.45) is 5.92 Å². The van der Waals surface area contributed by atoms with E-state index < -0.39 is 0 Å². The number of carbonyl (C=O) groups excluding carboxylic acids is 1. The van der Waals surface area contributed by atoms with Gasteiger partial charge < -0.3 is 4.74 Å². The van der Waals surface area contributed by atoms with Gasteiger partial charge in [-0.15, -0.1) is 0 Å².